The van der Waals surface area contributed by atoms with Gasteiger partial charge in [0.2, 0.25) is 0 Å². The highest BCUT2D eigenvalue weighted by Gasteiger charge is 2.24. The summed E-state index contributed by atoms with van der Waals surface area (Å²) in [4.78, 5) is 49.6. The second kappa shape index (κ2) is 23.7. The molecule has 0 spiro atoms. The van der Waals surface area contributed by atoms with Gasteiger partial charge in [-0.15, -0.1) is 0 Å². The van der Waals surface area contributed by atoms with Gasteiger partial charge in [0, 0.05) is 25.7 Å². The standard InChI is InChI=1S/C35H54O8S/c1-7-9-11-12-14-31(21-27(4)36)42-35(39)24-32(13-10-8-2)43-33(37)22-28(5)41-34(38)23-30(40-6)19-20-44-25-29-17-15-26(3)16-18-29/h11-12,15-18,28,30-32H,7-10,13-14,19-25H2,1-6H3/b12-11+. The van der Waals surface area contributed by atoms with Crippen molar-refractivity contribution >= 4 is 35.5 Å². The highest BCUT2D eigenvalue weighted by Crippen LogP contribution is 2.18. The SMILES string of the molecule is CCC/C=C/CC(CC(C)=O)OC(=O)CC(CCCC)OC(=O)CC(C)OC(=O)CC(CCSCc1ccc(C)cc1)OC. The molecule has 8 nitrogen and oxygen atoms in total. The number of hydrogen-bond acceptors (Lipinski definition) is 9. The number of thioether (sulfide) groups is 1. The van der Waals surface area contributed by atoms with Crippen LogP contribution in [0, 0.1) is 6.92 Å². The maximum Gasteiger partial charge on any atom is 0.309 e. The van der Waals surface area contributed by atoms with E-state index in [2.05, 4.69) is 38.1 Å². The van der Waals surface area contributed by atoms with E-state index < -0.39 is 36.2 Å². The van der Waals surface area contributed by atoms with Crippen molar-refractivity contribution in [1.29, 1.82) is 0 Å². The molecule has 4 atom stereocenters. The van der Waals surface area contributed by atoms with E-state index in [0.29, 0.717) is 19.3 Å². The van der Waals surface area contributed by atoms with Crippen molar-refractivity contribution in [2.24, 2.45) is 0 Å². The number of ether oxygens (including phenoxy) is 4. The van der Waals surface area contributed by atoms with Crippen molar-refractivity contribution in [3.63, 3.8) is 0 Å². The number of aryl methyl sites for hydroxylation is 1. The maximum atomic E-state index is 12.7. The number of hydrogen-bond donors (Lipinski definition) is 0. The third-order valence-corrected chi connectivity index (χ3v) is 7.96. The molecule has 0 aliphatic rings. The summed E-state index contributed by atoms with van der Waals surface area (Å²) in [5, 5.41) is 0. The lowest BCUT2D eigenvalue weighted by Gasteiger charge is -2.21. The fourth-order valence-electron chi connectivity index (χ4n) is 4.44. The zero-order valence-electron chi connectivity index (χ0n) is 27.6. The molecule has 0 aromatic heterocycles. The number of unbranched alkanes of at least 4 members (excludes halogenated alkanes) is 2. The molecule has 4 unspecified atom stereocenters. The van der Waals surface area contributed by atoms with E-state index in [0.717, 1.165) is 37.2 Å². The fourth-order valence-corrected chi connectivity index (χ4v) is 5.44. The molecule has 0 aliphatic heterocycles. The van der Waals surface area contributed by atoms with Crippen LogP contribution >= 0.6 is 11.8 Å². The summed E-state index contributed by atoms with van der Waals surface area (Å²) in [5.74, 6) is 0.198. The van der Waals surface area contributed by atoms with Crippen LogP contribution < -0.4 is 0 Å². The molecule has 1 rings (SSSR count). The Morgan fingerprint density at radius 1 is 0.795 bits per heavy atom. The average molecular weight is 635 g/mol. The molecule has 0 fully saturated rings. The number of Topliss-reactive ketones (excluding diaryl/α,β-unsaturated/α-hetero) is 1. The molecule has 248 valence electrons. The maximum absolute atomic E-state index is 12.7. The van der Waals surface area contributed by atoms with Crippen LogP contribution in [0.3, 0.4) is 0 Å². The predicted molar refractivity (Wildman–Crippen MR) is 175 cm³/mol. The van der Waals surface area contributed by atoms with E-state index in [4.69, 9.17) is 18.9 Å². The third-order valence-electron chi connectivity index (χ3n) is 6.89. The molecule has 0 N–H and O–H groups in total. The van der Waals surface area contributed by atoms with Crippen LogP contribution in [0.25, 0.3) is 0 Å². The Morgan fingerprint density at radius 3 is 2.07 bits per heavy atom. The highest BCUT2D eigenvalue weighted by atomic mass is 32.2. The monoisotopic (exact) mass is 634 g/mol. The zero-order chi connectivity index (χ0) is 32.7. The molecule has 0 heterocycles. The number of benzene rings is 1. The Kier molecular flexibility index (Phi) is 21.2. The van der Waals surface area contributed by atoms with Gasteiger partial charge in [-0.3, -0.25) is 19.2 Å². The van der Waals surface area contributed by atoms with Crippen LogP contribution in [0.15, 0.2) is 36.4 Å². The van der Waals surface area contributed by atoms with Gasteiger partial charge in [-0.2, -0.15) is 11.8 Å². The number of carbonyl (C=O) groups is 4. The van der Waals surface area contributed by atoms with Gasteiger partial charge in [-0.1, -0.05) is 75.1 Å². The molecule has 0 bridgehead atoms. The first-order chi connectivity index (χ1) is 21.1. The molecule has 1 aromatic carbocycles. The summed E-state index contributed by atoms with van der Waals surface area (Å²) in [5.41, 5.74) is 2.49. The Hall–Kier alpha value is -2.65. The molecule has 44 heavy (non-hydrogen) atoms. The highest BCUT2D eigenvalue weighted by molar-refractivity contribution is 7.98. The summed E-state index contributed by atoms with van der Waals surface area (Å²) in [6.07, 6.45) is 7.08. The zero-order valence-corrected chi connectivity index (χ0v) is 28.5. The van der Waals surface area contributed by atoms with Crippen molar-refractivity contribution in [3.05, 3.63) is 47.5 Å². The van der Waals surface area contributed by atoms with E-state index in [-0.39, 0.29) is 37.6 Å². The van der Waals surface area contributed by atoms with Crippen LogP contribution in [0.2, 0.25) is 0 Å². The van der Waals surface area contributed by atoms with Gasteiger partial charge < -0.3 is 18.9 Å². The summed E-state index contributed by atoms with van der Waals surface area (Å²) in [7, 11) is 1.58. The van der Waals surface area contributed by atoms with Gasteiger partial charge in [0.25, 0.3) is 0 Å². The molecule has 0 saturated carbocycles. The Labute approximate surface area is 269 Å². The number of esters is 3. The van der Waals surface area contributed by atoms with Crippen molar-refractivity contribution in [2.45, 2.75) is 135 Å². The largest absolute Gasteiger partial charge is 0.462 e. The molecule has 0 amide bonds. The first-order valence-electron chi connectivity index (χ1n) is 15.9. The van der Waals surface area contributed by atoms with Crippen molar-refractivity contribution in [3.8, 4) is 0 Å². The van der Waals surface area contributed by atoms with Crippen LogP contribution in [-0.2, 0) is 43.9 Å². The molecule has 0 radical (unpaired) electrons. The number of methoxy groups -OCH3 is 1. The molecular formula is C35H54O8S. The summed E-state index contributed by atoms with van der Waals surface area (Å²) < 4.78 is 22.2. The number of ketones is 1. The normalized spacial score (nSPS) is 14.0. The van der Waals surface area contributed by atoms with Gasteiger partial charge in [-0.05, 0) is 51.3 Å². The quantitative estimate of drug-likeness (QED) is 0.0495. The smallest absolute Gasteiger partial charge is 0.309 e. The summed E-state index contributed by atoms with van der Waals surface area (Å²) in [6.45, 7) is 9.27. The van der Waals surface area contributed by atoms with Gasteiger partial charge in [-0.25, -0.2) is 0 Å². The topological polar surface area (TPSA) is 105 Å². The van der Waals surface area contributed by atoms with E-state index in [1.54, 1.807) is 25.8 Å². The molecule has 9 heteroatoms. The minimum atomic E-state index is -0.683. The predicted octanol–water partition coefficient (Wildman–Crippen LogP) is 7.47. The molecule has 0 aliphatic carbocycles. The van der Waals surface area contributed by atoms with Gasteiger partial charge in [0.05, 0.1) is 25.4 Å². The second-order valence-electron chi connectivity index (χ2n) is 11.4. The van der Waals surface area contributed by atoms with Crippen LogP contribution in [0.1, 0.15) is 109 Å². The minimum Gasteiger partial charge on any atom is -0.462 e. The Balaban J connectivity index is 2.51. The van der Waals surface area contributed by atoms with Crippen LogP contribution in [0.5, 0.6) is 0 Å². The lowest BCUT2D eigenvalue weighted by molar-refractivity contribution is -0.161. The fraction of sp³-hybridized carbons (Fsp3) is 0.657. The van der Waals surface area contributed by atoms with E-state index in [1.165, 1.54) is 18.1 Å². The molecular weight excluding hydrogens is 580 g/mol. The summed E-state index contributed by atoms with van der Waals surface area (Å²) >= 11 is 1.79. The van der Waals surface area contributed by atoms with Crippen molar-refractivity contribution < 1.29 is 38.1 Å². The molecule has 0 saturated heterocycles. The lowest BCUT2D eigenvalue weighted by atomic mass is 10.1. The lowest BCUT2D eigenvalue weighted by Crippen LogP contribution is -2.28. The van der Waals surface area contributed by atoms with Gasteiger partial charge in [0.1, 0.15) is 24.1 Å². The minimum absolute atomic E-state index is 0.0574. The van der Waals surface area contributed by atoms with E-state index >= 15 is 0 Å². The van der Waals surface area contributed by atoms with Crippen LogP contribution in [0.4, 0.5) is 0 Å². The van der Waals surface area contributed by atoms with Crippen molar-refractivity contribution in [2.75, 3.05) is 12.9 Å². The Bertz CT molecular complexity index is 1010. The van der Waals surface area contributed by atoms with Gasteiger partial charge >= 0.3 is 17.9 Å². The van der Waals surface area contributed by atoms with Crippen molar-refractivity contribution in [1.82, 2.24) is 0 Å². The molecule has 1 aromatic rings. The Morgan fingerprint density at radius 2 is 1.43 bits per heavy atom. The first-order valence-corrected chi connectivity index (χ1v) is 17.1. The first kappa shape index (κ1) is 39.4. The van der Waals surface area contributed by atoms with E-state index in [1.807, 2.05) is 19.1 Å². The third kappa shape index (κ3) is 19.6. The number of allylic oxidation sites excluding steroid dienone is 1. The van der Waals surface area contributed by atoms with Gasteiger partial charge in [0.15, 0.2) is 0 Å². The van der Waals surface area contributed by atoms with E-state index in [9.17, 15) is 19.2 Å². The van der Waals surface area contributed by atoms with Crippen LogP contribution in [-0.4, -0.2) is 61.0 Å². The summed E-state index contributed by atoms with van der Waals surface area (Å²) in [6, 6.07) is 8.44. The second-order valence-corrected chi connectivity index (χ2v) is 12.5. The average Bonchev–Trinajstić information content (AvgIpc) is 2.95. The number of carbonyl (C=O) groups excluding carboxylic acids is 4. The number of rotatable bonds is 24.